The molecule has 2 heterocycles. The van der Waals surface area contributed by atoms with E-state index in [9.17, 15) is 14.7 Å². The molecule has 0 saturated carbocycles. The molecule has 0 atom stereocenters. The third-order valence-corrected chi connectivity index (χ3v) is 3.40. The van der Waals surface area contributed by atoms with Gasteiger partial charge in [0.25, 0.3) is 0 Å². The van der Waals surface area contributed by atoms with Gasteiger partial charge < -0.3 is 5.11 Å². The Hall–Kier alpha value is -2.11. The first kappa shape index (κ1) is 12.3. The molecule has 0 bridgehead atoms. The fourth-order valence-electron chi connectivity index (χ4n) is 2.15. The Morgan fingerprint density at radius 1 is 1.39 bits per heavy atom. The van der Waals surface area contributed by atoms with Crippen molar-refractivity contribution in [2.45, 2.75) is 32.2 Å². The van der Waals surface area contributed by atoms with E-state index in [-0.39, 0.29) is 0 Å². The van der Waals surface area contributed by atoms with Gasteiger partial charge in [-0.2, -0.15) is 4.68 Å². The summed E-state index contributed by atoms with van der Waals surface area (Å²) in [5.74, 6) is -1.03. The maximum Gasteiger partial charge on any atom is 0.351 e. The highest BCUT2D eigenvalue weighted by Gasteiger charge is 2.40. The molecule has 0 amide bonds. The van der Waals surface area contributed by atoms with Crippen LogP contribution in [0.1, 0.15) is 26.7 Å². The molecule has 0 radical (unpaired) electrons. The Morgan fingerprint density at radius 3 is 2.56 bits per heavy atom. The van der Waals surface area contributed by atoms with Crippen molar-refractivity contribution in [1.82, 2.24) is 14.2 Å². The normalized spacial score (nSPS) is 11.9. The van der Waals surface area contributed by atoms with E-state index in [0.29, 0.717) is 18.5 Å². The highest BCUT2D eigenvalue weighted by atomic mass is 16.4. The summed E-state index contributed by atoms with van der Waals surface area (Å²) in [5.41, 5.74) is -1.24. The van der Waals surface area contributed by atoms with E-state index in [4.69, 9.17) is 0 Å². The van der Waals surface area contributed by atoms with Crippen LogP contribution in [0.25, 0.3) is 5.65 Å². The van der Waals surface area contributed by atoms with Crippen molar-refractivity contribution in [2.75, 3.05) is 0 Å². The average Bonchev–Trinajstić information content (AvgIpc) is 2.70. The maximum absolute atomic E-state index is 12.2. The number of pyridine rings is 1. The monoisotopic (exact) mass is 249 g/mol. The standard InChI is InChI=1S/C12H15N3O3/c1-3-12(4-2,10(16)17)15-11(18)14-8-6-5-7-9(14)13-15/h5-8H,3-4H2,1-2H3,(H,16,17). The van der Waals surface area contributed by atoms with Gasteiger partial charge in [0, 0.05) is 6.20 Å². The molecular formula is C12H15N3O3. The number of hydrogen-bond donors (Lipinski definition) is 1. The van der Waals surface area contributed by atoms with E-state index in [1.807, 2.05) is 0 Å². The van der Waals surface area contributed by atoms with E-state index < -0.39 is 17.2 Å². The van der Waals surface area contributed by atoms with Gasteiger partial charge >= 0.3 is 11.7 Å². The second-order valence-electron chi connectivity index (χ2n) is 4.17. The van der Waals surface area contributed by atoms with E-state index in [0.717, 1.165) is 4.68 Å². The third-order valence-electron chi connectivity index (χ3n) is 3.40. The molecule has 0 aromatic carbocycles. The van der Waals surface area contributed by atoms with Crippen LogP contribution in [0.5, 0.6) is 0 Å². The van der Waals surface area contributed by atoms with E-state index in [1.165, 1.54) is 4.40 Å². The Labute approximate surface area is 103 Å². The second kappa shape index (κ2) is 4.29. The summed E-state index contributed by atoms with van der Waals surface area (Å²) >= 11 is 0. The van der Waals surface area contributed by atoms with Crippen molar-refractivity contribution in [2.24, 2.45) is 0 Å². The van der Waals surface area contributed by atoms with Crippen LogP contribution in [0.3, 0.4) is 0 Å². The van der Waals surface area contributed by atoms with Crippen LogP contribution in [-0.2, 0) is 10.3 Å². The van der Waals surface area contributed by atoms with Crippen LogP contribution < -0.4 is 5.69 Å². The quantitative estimate of drug-likeness (QED) is 0.880. The van der Waals surface area contributed by atoms with Gasteiger partial charge in [0.2, 0.25) is 0 Å². The zero-order valence-corrected chi connectivity index (χ0v) is 10.3. The minimum atomic E-state index is -1.27. The summed E-state index contributed by atoms with van der Waals surface area (Å²) in [6, 6.07) is 5.14. The van der Waals surface area contributed by atoms with Crippen LogP contribution >= 0.6 is 0 Å². The molecule has 6 nitrogen and oxygen atoms in total. The first-order chi connectivity index (χ1) is 8.56. The van der Waals surface area contributed by atoms with Crippen LogP contribution in [-0.4, -0.2) is 25.3 Å². The third kappa shape index (κ3) is 1.53. The number of carboxylic acid groups (broad SMARTS) is 1. The number of rotatable bonds is 4. The molecule has 2 aromatic heterocycles. The Kier molecular flexibility index (Phi) is 2.94. The Bertz CT molecular complexity index is 637. The molecule has 0 fully saturated rings. The molecular weight excluding hydrogens is 234 g/mol. The Balaban J connectivity index is 2.77. The summed E-state index contributed by atoms with van der Waals surface area (Å²) < 4.78 is 2.44. The lowest BCUT2D eigenvalue weighted by atomic mass is 9.93. The van der Waals surface area contributed by atoms with Gasteiger partial charge in [-0.3, -0.25) is 4.40 Å². The molecule has 2 rings (SSSR count). The van der Waals surface area contributed by atoms with Gasteiger partial charge in [0.05, 0.1) is 0 Å². The van der Waals surface area contributed by atoms with Gasteiger partial charge in [-0.25, -0.2) is 9.59 Å². The smallest absolute Gasteiger partial charge is 0.351 e. The molecule has 96 valence electrons. The summed E-state index contributed by atoms with van der Waals surface area (Å²) in [5, 5.41) is 13.6. The molecule has 0 aliphatic carbocycles. The lowest BCUT2D eigenvalue weighted by Gasteiger charge is -2.25. The van der Waals surface area contributed by atoms with Gasteiger partial charge in [-0.05, 0) is 25.0 Å². The van der Waals surface area contributed by atoms with Gasteiger partial charge in [-0.15, -0.1) is 5.10 Å². The average molecular weight is 249 g/mol. The second-order valence-corrected chi connectivity index (χ2v) is 4.17. The number of hydrogen-bond acceptors (Lipinski definition) is 3. The van der Waals surface area contributed by atoms with Crippen molar-refractivity contribution >= 4 is 11.6 Å². The zero-order chi connectivity index (χ0) is 13.3. The highest BCUT2D eigenvalue weighted by Crippen LogP contribution is 2.23. The summed E-state index contributed by atoms with van der Waals surface area (Å²) in [4.78, 5) is 23.7. The molecule has 0 saturated heterocycles. The molecule has 6 heteroatoms. The number of carbonyl (C=O) groups is 1. The lowest BCUT2D eigenvalue weighted by molar-refractivity contribution is -0.148. The van der Waals surface area contributed by atoms with Crippen molar-refractivity contribution in [3.8, 4) is 0 Å². The number of aliphatic carboxylic acids is 1. The first-order valence-electron chi connectivity index (χ1n) is 5.87. The van der Waals surface area contributed by atoms with Crippen LogP contribution in [0.15, 0.2) is 29.2 Å². The topological polar surface area (TPSA) is 76.6 Å². The highest BCUT2D eigenvalue weighted by molar-refractivity contribution is 5.76. The Morgan fingerprint density at radius 2 is 2.06 bits per heavy atom. The van der Waals surface area contributed by atoms with Crippen molar-refractivity contribution < 1.29 is 9.90 Å². The largest absolute Gasteiger partial charge is 0.479 e. The van der Waals surface area contributed by atoms with Crippen LogP contribution in [0.4, 0.5) is 0 Å². The number of fused-ring (bicyclic) bond motifs is 1. The number of carboxylic acids is 1. The molecule has 0 aliphatic rings. The summed E-state index contributed by atoms with van der Waals surface area (Å²) in [6.07, 6.45) is 2.20. The lowest BCUT2D eigenvalue weighted by Crippen LogP contribution is -2.47. The van der Waals surface area contributed by atoms with Gasteiger partial charge in [-0.1, -0.05) is 19.9 Å². The molecule has 0 spiro atoms. The van der Waals surface area contributed by atoms with E-state index >= 15 is 0 Å². The van der Waals surface area contributed by atoms with Gasteiger partial charge in [0.1, 0.15) is 0 Å². The number of aromatic nitrogens is 3. The SMILES string of the molecule is CCC(CC)(C(=O)O)n1nc2ccccn2c1=O. The summed E-state index contributed by atoms with van der Waals surface area (Å²) in [7, 11) is 0. The minimum Gasteiger partial charge on any atom is -0.479 e. The van der Waals surface area contributed by atoms with Crippen molar-refractivity contribution in [3.63, 3.8) is 0 Å². The molecule has 18 heavy (non-hydrogen) atoms. The predicted molar refractivity (Wildman–Crippen MR) is 65.6 cm³/mol. The van der Waals surface area contributed by atoms with Crippen molar-refractivity contribution in [3.05, 3.63) is 34.9 Å². The minimum absolute atomic E-state index is 0.308. The molecule has 2 aromatic rings. The molecule has 0 aliphatic heterocycles. The number of nitrogens with zero attached hydrogens (tertiary/aromatic N) is 3. The van der Waals surface area contributed by atoms with E-state index in [2.05, 4.69) is 5.10 Å². The fraction of sp³-hybridized carbons (Fsp3) is 0.417. The molecule has 0 unspecified atom stereocenters. The van der Waals surface area contributed by atoms with Crippen molar-refractivity contribution in [1.29, 1.82) is 0 Å². The summed E-state index contributed by atoms with van der Waals surface area (Å²) in [6.45, 7) is 3.49. The first-order valence-corrected chi connectivity index (χ1v) is 5.87. The predicted octanol–water partition coefficient (Wildman–Crippen LogP) is 1.10. The van der Waals surface area contributed by atoms with Crippen LogP contribution in [0.2, 0.25) is 0 Å². The fourth-order valence-corrected chi connectivity index (χ4v) is 2.15. The van der Waals surface area contributed by atoms with E-state index in [1.54, 1.807) is 38.2 Å². The zero-order valence-electron chi connectivity index (χ0n) is 10.3. The maximum atomic E-state index is 12.2. The van der Waals surface area contributed by atoms with Gasteiger partial charge in [0.15, 0.2) is 11.2 Å². The molecule has 1 N–H and O–H groups in total. The van der Waals surface area contributed by atoms with Crippen LogP contribution in [0, 0.1) is 0 Å².